The summed E-state index contributed by atoms with van der Waals surface area (Å²) in [4.78, 5) is 17.1. The van der Waals surface area contributed by atoms with E-state index in [1.807, 2.05) is 4.90 Å². The molecular weight excluding hydrogens is 536 g/mol. The first-order valence-electron chi connectivity index (χ1n) is 10.9. The fraction of sp³-hybridized carbons (Fsp3) is 0.240. The Labute approximate surface area is 217 Å². The molecule has 0 aliphatic carbocycles. The van der Waals surface area contributed by atoms with Crippen LogP contribution in [0.1, 0.15) is 15.9 Å². The van der Waals surface area contributed by atoms with Crippen LogP contribution in [0, 0.1) is 0 Å². The molecule has 0 spiro atoms. The second-order valence-corrected chi connectivity index (χ2v) is 11.3. The molecule has 0 radical (unpaired) electrons. The van der Waals surface area contributed by atoms with Crippen LogP contribution in [0.5, 0.6) is 0 Å². The third kappa shape index (κ3) is 5.63. The summed E-state index contributed by atoms with van der Waals surface area (Å²) in [6, 6.07) is 14.2. The second-order valence-electron chi connectivity index (χ2n) is 8.43. The molecule has 0 bridgehead atoms. The van der Waals surface area contributed by atoms with Crippen molar-refractivity contribution in [3.8, 4) is 11.1 Å². The minimum Gasteiger partial charge on any atom is -0.368 e. The number of carbonyl (C=O) groups excluding carboxylic acids is 1. The van der Waals surface area contributed by atoms with Crippen molar-refractivity contribution in [2.45, 2.75) is 11.1 Å². The average Bonchev–Trinajstić information content (AvgIpc) is 2.84. The van der Waals surface area contributed by atoms with Crippen molar-refractivity contribution >= 4 is 44.6 Å². The van der Waals surface area contributed by atoms with Crippen molar-refractivity contribution in [1.29, 1.82) is 0 Å². The second kappa shape index (κ2) is 9.95. The van der Waals surface area contributed by atoms with Crippen molar-refractivity contribution in [2.24, 2.45) is 0 Å². The molecule has 0 aromatic heterocycles. The number of amides is 1. The number of benzene rings is 3. The molecule has 5 nitrogen and oxygen atoms in total. The van der Waals surface area contributed by atoms with Crippen LogP contribution in [0.3, 0.4) is 0 Å². The average molecular weight is 557 g/mol. The molecular formula is C25H21Cl2F3N2O3S. The highest BCUT2D eigenvalue weighted by molar-refractivity contribution is 7.90. The molecule has 4 rings (SSSR count). The van der Waals surface area contributed by atoms with Gasteiger partial charge in [0.25, 0.3) is 5.91 Å². The zero-order valence-corrected chi connectivity index (χ0v) is 21.3. The SMILES string of the molecule is CS(=O)(=O)c1ccc(-c2ccc(Cl)c(Cl)c2)c(C(=O)N2CCN(c3ccc(C(F)(F)F)cc3)CC2)c1. The van der Waals surface area contributed by atoms with E-state index in [2.05, 4.69) is 0 Å². The van der Waals surface area contributed by atoms with E-state index in [0.29, 0.717) is 53.0 Å². The van der Waals surface area contributed by atoms with Gasteiger partial charge in [0.2, 0.25) is 0 Å². The fourth-order valence-electron chi connectivity index (χ4n) is 4.05. The smallest absolute Gasteiger partial charge is 0.368 e. The lowest BCUT2D eigenvalue weighted by molar-refractivity contribution is -0.137. The van der Waals surface area contributed by atoms with Crippen molar-refractivity contribution < 1.29 is 26.4 Å². The Bertz CT molecular complexity index is 1400. The summed E-state index contributed by atoms with van der Waals surface area (Å²) >= 11 is 12.2. The molecule has 0 atom stereocenters. The topological polar surface area (TPSA) is 57.7 Å². The number of rotatable bonds is 4. The van der Waals surface area contributed by atoms with Crippen LogP contribution in [-0.2, 0) is 16.0 Å². The number of nitrogens with zero attached hydrogens (tertiary/aromatic N) is 2. The van der Waals surface area contributed by atoms with E-state index < -0.39 is 21.6 Å². The van der Waals surface area contributed by atoms with Gasteiger partial charge in [0.05, 0.1) is 20.5 Å². The van der Waals surface area contributed by atoms with Gasteiger partial charge in [-0.2, -0.15) is 13.2 Å². The molecule has 1 heterocycles. The molecule has 1 saturated heterocycles. The number of hydrogen-bond acceptors (Lipinski definition) is 4. The number of hydrogen-bond donors (Lipinski definition) is 0. The minimum absolute atomic E-state index is 0.0121. The molecule has 1 aliphatic heterocycles. The normalized spacial score (nSPS) is 14.7. The number of piperazine rings is 1. The van der Waals surface area contributed by atoms with Crippen LogP contribution < -0.4 is 4.90 Å². The number of sulfone groups is 1. The van der Waals surface area contributed by atoms with E-state index >= 15 is 0 Å². The van der Waals surface area contributed by atoms with E-state index in [1.165, 1.54) is 24.3 Å². The number of alkyl halides is 3. The van der Waals surface area contributed by atoms with Crippen molar-refractivity contribution in [3.63, 3.8) is 0 Å². The Morgan fingerprint density at radius 1 is 0.861 bits per heavy atom. The van der Waals surface area contributed by atoms with E-state index in [9.17, 15) is 26.4 Å². The van der Waals surface area contributed by atoms with Gasteiger partial charge < -0.3 is 9.80 Å². The lowest BCUT2D eigenvalue weighted by Gasteiger charge is -2.36. The molecule has 1 fully saturated rings. The third-order valence-electron chi connectivity index (χ3n) is 6.01. The first kappa shape index (κ1) is 26.3. The molecule has 0 N–H and O–H groups in total. The Morgan fingerprint density at radius 2 is 1.50 bits per heavy atom. The summed E-state index contributed by atoms with van der Waals surface area (Å²) in [6.45, 7) is 1.43. The predicted octanol–water partition coefficient (Wildman–Crippen LogP) is 6.05. The Balaban J connectivity index is 1.59. The number of carbonyl (C=O) groups is 1. The Hall–Kier alpha value is -2.75. The van der Waals surface area contributed by atoms with Gasteiger partial charge in [-0.1, -0.05) is 35.3 Å². The van der Waals surface area contributed by atoms with Crippen LogP contribution in [0.15, 0.2) is 65.6 Å². The summed E-state index contributed by atoms with van der Waals surface area (Å²) in [5.41, 5.74) is 1.23. The van der Waals surface area contributed by atoms with Crippen molar-refractivity contribution in [2.75, 3.05) is 37.3 Å². The Morgan fingerprint density at radius 3 is 2.06 bits per heavy atom. The van der Waals surface area contributed by atoms with Crippen molar-refractivity contribution in [3.05, 3.63) is 81.8 Å². The predicted molar refractivity (Wildman–Crippen MR) is 135 cm³/mol. The fourth-order valence-corrected chi connectivity index (χ4v) is 4.99. The van der Waals surface area contributed by atoms with Crippen LogP contribution in [-0.4, -0.2) is 51.7 Å². The molecule has 1 amide bonds. The summed E-state index contributed by atoms with van der Waals surface area (Å²) < 4.78 is 62.9. The molecule has 1 aliphatic rings. The first-order valence-corrected chi connectivity index (χ1v) is 13.5. The molecule has 3 aromatic rings. The highest BCUT2D eigenvalue weighted by Gasteiger charge is 2.31. The highest BCUT2D eigenvalue weighted by atomic mass is 35.5. The Kier molecular flexibility index (Phi) is 7.28. The van der Waals surface area contributed by atoms with Gasteiger partial charge >= 0.3 is 6.18 Å². The van der Waals surface area contributed by atoms with E-state index in [4.69, 9.17) is 23.2 Å². The monoisotopic (exact) mass is 556 g/mol. The van der Waals surface area contributed by atoms with E-state index in [0.717, 1.165) is 18.4 Å². The van der Waals surface area contributed by atoms with E-state index in [-0.39, 0.29) is 16.4 Å². The minimum atomic E-state index is -4.41. The summed E-state index contributed by atoms with van der Waals surface area (Å²) in [5.74, 6) is -0.353. The van der Waals surface area contributed by atoms with Crippen LogP contribution >= 0.6 is 23.2 Å². The van der Waals surface area contributed by atoms with Gasteiger partial charge in [0.1, 0.15) is 0 Å². The number of anilines is 1. The van der Waals surface area contributed by atoms with E-state index in [1.54, 1.807) is 29.2 Å². The standard InChI is InChI=1S/C25H21Cl2F3N2O3S/c1-36(34,35)19-7-8-20(16-2-9-22(26)23(27)14-16)21(15-19)24(33)32-12-10-31(11-13-32)18-5-3-17(4-6-18)25(28,29)30/h2-9,14-15H,10-13H2,1H3. The van der Waals surface area contributed by atoms with Crippen molar-refractivity contribution in [1.82, 2.24) is 4.90 Å². The highest BCUT2D eigenvalue weighted by Crippen LogP contribution is 2.33. The van der Waals surface area contributed by atoms with Crippen LogP contribution in [0.4, 0.5) is 18.9 Å². The summed E-state index contributed by atoms with van der Waals surface area (Å²) in [6.07, 6.45) is -3.34. The van der Waals surface area contributed by atoms with Gasteiger partial charge in [0.15, 0.2) is 9.84 Å². The van der Waals surface area contributed by atoms with Crippen LogP contribution in [0.25, 0.3) is 11.1 Å². The zero-order valence-electron chi connectivity index (χ0n) is 19.0. The van der Waals surface area contributed by atoms with Gasteiger partial charge in [-0.3, -0.25) is 4.79 Å². The molecule has 190 valence electrons. The van der Waals surface area contributed by atoms with Gasteiger partial charge in [-0.25, -0.2) is 8.42 Å². The summed E-state index contributed by atoms with van der Waals surface area (Å²) in [5, 5.41) is 0.644. The molecule has 11 heteroatoms. The maximum Gasteiger partial charge on any atom is 0.416 e. The van der Waals surface area contributed by atoms with Gasteiger partial charge in [-0.05, 0) is 59.7 Å². The maximum atomic E-state index is 13.6. The maximum absolute atomic E-state index is 13.6. The lowest BCUT2D eigenvalue weighted by Crippen LogP contribution is -2.49. The number of halogens is 5. The largest absolute Gasteiger partial charge is 0.416 e. The third-order valence-corrected chi connectivity index (χ3v) is 7.86. The summed E-state index contributed by atoms with van der Waals surface area (Å²) in [7, 11) is -3.57. The molecule has 0 unspecified atom stereocenters. The first-order chi connectivity index (χ1) is 16.8. The quantitative estimate of drug-likeness (QED) is 0.392. The zero-order chi connectivity index (χ0) is 26.3. The molecule has 3 aromatic carbocycles. The van der Waals surface area contributed by atoms with Crippen LogP contribution in [0.2, 0.25) is 10.0 Å². The molecule has 0 saturated carbocycles. The lowest BCUT2D eigenvalue weighted by atomic mass is 9.98. The van der Waals surface area contributed by atoms with Gasteiger partial charge in [0, 0.05) is 43.7 Å². The van der Waals surface area contributed by atoms with Gasteiger partial charge in [-0.15, -0.1) is 0 Å². The molecule has 36 heavy (non-hydrogen) atoms.